The highest BCUT2D eigenvalue weighted by molar-refractivity contribution is 5.89. The van der Waals surface area contributed by atoms with Crippen molar-refractivity contribution in [3.8, 4) is 11.3 Å². The quantitative estimate of drug-likeness (QED) is 0.589. The highest BCUT2D eigenvalue weighted by Gasteiger charge is 2.30. The molecular formula is C16H14N6O. The number of nitrogen functional groups attached to an aromatic ring is 2. The maximum atomic E-state index is 6.12. The van der Waals surface area contributed by atoms with Gasteiger partial charge >= 0.3 is 0 Å². The van der Waals surface area contributed by atoms with E-state index in [1.54, 1.807) is 6.20 Å². The number of hydrogen-bond donors (Lipinski definition) is 2. The minimum absolute atomic E-state index is 0.159. The van der Waals surface area contributed by atoms with Crippen LogP contribution in [0.3, 0.4) is 0 Å². The zero-order valence-corrected chi connectivity index (χ0v) is 12.2. The highest BCUT2D eigenvalue weighted by Crippen LogP contribution is 2.42. The Kier molecular flexibility index (Phi) is 2.29. The maximum Gasteiger partial charge on any atom is 0.292 e. The van der Waals surface area contributed by atoms with Crippen LogP contribution in [0.1, 0.15) is 24.6 Å². The largest absolute Gasteiger partial charge is 0.424 e. The fourth-order valence-electron chi connectivity index (χ4n) is 3.01. The molecule has 5 rings (SSSR count). The van der Waals surface area contributed by atoms with E-state index in [1.807, 2.05) is 24.4 Å². The first-order valence-corrected chi connectivity index (χ1v) is 7.49. The van der Waals surface area contributed by atoms with E-state index in [1.165, 1.54) is 12.8 Å². The summed E-state index contributed by atoms with van der Waals surface area (Å²) in [5, 5.41) is 0. The topological polar surface area (TPSA) is 108 Å². The molecule has 0 spiro atoms. The van der Waals surface area contributed by atoms with Crippen LogP contribution in [0.2, 0.25) is 0 Å². The van der Waals surface area contributed by atoms with Gasteiger partial charge in [-0.3, -0.25) is 4.40 Å². The lowest BCUT2D eigenvalue weighted by Crippen LogP contribution is -1.97. The third-order valence-corrected chi connectivity index (χ3v) is 4.23. The van der Waals surface area contributed by atoms with Crippen LogP contribution >= 0.6 is 0 Å². The van der Waals surface area contributed by atoms with E-state index in [2.05, 4.69) is 14.4 Å². The van der Waals surface area contributed by atoms with Gasteiger partial charge in [0.1, 0.15) is 28.4 Å². The van der Waals surface area contributed by atoms with E-state index >= 15 is 0 Å². The molecule has 3 aromatic heterocycles. The Hall–Kier alpha value is -3.09. The van der Waals surface area contributed by atoms with Crippen LogP contribution in [-0.4, -0.2) is 19.4 Å². The van der Waals surface area contributed by atoms with Crippen molar-refractivity contribution in [2.75, 3.05) is 11.5 Å². The van der Waals surface area contributed by atoms with E-state index in [0.29, 0.717) is 22.8 Å². The average molecular weight is 306 g/mol. The molecule has 0 aliphatic heterocycles. The van der Waals surface area contributed by atoms with Crippen LogP contribution in [0.25, 0.3) is 27.9 Å². The molecular weight excluding hydrogens is 292 g/mol. The van der Waals surface area contributed by atoms with Crippen molar-refractivity contribution < 1.29 is 4.42 Å². The van der Waals surface area contributed by atoms with Crippen molar-refractivity contribution in [1.29, 1.82) is 0 Å². The summed E-state index contributed by atoms with van der Waals surface area (Å²) in [6.07, 6.45) is 5.96. The number of nitrogens with two attached hydrogens (primary N) is 2. The van der Waals surface area contributed by atoms with Gasteiger partial charge in [-0.15, -0.1) is 0 Å². The SMILES string of the molecule is Nc1nc2cc(-c3nc(C4CC4)n4ccnc(N)c34)ccc2o1. The van der Waals surface area contributed by atoms with Crippen molar-refractivity contribution in [2.45, 2.75) is 18.8 Å². The average Bonchev–Trinajstić information content (AvgIpc) is 3.19. The van der Waals surface area contributed by atoms with E-state index in [0.717, 1.165) is 22.6 Å². The molecule has 0 unspecified atom stereocenters. The number of imidazole rings is 1. The normalized spacial score (nSPS) is 14.8. The minimum Gasteiger partial charge on any atom is -0.424 e. The van der Waals surface area contributed by atoms with Gasteiger partial charge in [-0.05, 0) is 31.0 Å². The molecule has 23 heavy (non-hydrogen) atoms. The molecule has 0 bridgehead atoms. The van der Waals surface area contributed by atoms with Crippen LogP contribution in [0.5, 0.6) is 0 Å². The first kappa shape index (κ1) is 12.5. The smallest absolute Gasteiger partial charge is 0.292 e. The minimum atomic E-state index is 0.159. The molecule has 4 aromatic rings. The van der Waals surface area contributed by atoms with Gasteiger partial charge in [0.25, 0.3) is 6.01 Å². The second-order valence-corrected chi connectivity index (χ2v) is 5.86. The van der Waals surface area contributed by atoms with Crippen molar-refractivity contribution in [3.63, 3.8) is 0 Å². The van der Waals surface area contributed by atoms with Crippen LogP contribution in [0.4, 0.5) is 11.8 Å². The molecule has 1 aliphatic rings. The second kappa shape index (κ2) is 4.22. The number of oxazole rings is 1. The molecule has 0 saturated heterocycles. The summed E-state index contributed by atoms with van der Waals surface area (Å²) in [6.45, 7) is 0. The van der Waals surface area contributed by atoms with Gasteiger partial charge in [0.2, 0.25) is 0 Å². The van der Waals surface area contributed by atoms with Crippen molar-refractivity contribution in [3.05, 3.63) is 36.4 Å². The van der Waals surface area contributed by atoms with Gasteiger partial charge in [-0.25, -0.2) is 9.97 Å². The lowest BCUT2D eigenvalue weighted by molar-refractivity contribution is 0.626. The Morgan fingerprint density at radius 1 is 1.17 bits per heavy atom. The van der Waals surface area contributed by atoms with Crippen molar-refractivity contribution in [1.82, 2.24) is 19.4 Å². The van der Waals surface area contributed by atoms with Crippen LogP contribution in [0, 0.1) is 0 Å². The van der Waals surface area contributed by atoms with Gasteiger partial charge in [0.05, 0.1) is 0 Å². The number of benzene rings is 1. The van der Waals surface area contributed by atoms with Gasteiger partial charge in [-0.1, -0.05) is 0 Å². The first-order valence-electron chi connectivity index (χ1n) is 7.49. The van der Waals surface area contributed by atoms with Crippen LogP contribution in [0.15, 0.2) is 35.0 Å². The zero-order valence-electron chi connectivity index (χ0n) is 12.2. The van der Waals surface area contributed by atoms with E-state index in [9.17, 15) is 0 Å². The summed E-state index contributed by atoms with van der Waals surface area (Å²) >= 11 is 0. The number of aromatic nitrogens is 4. The third-order valence-electron chi connectivity index (χ3n) is 4.23. The van der Waals surface area contributed by atoms with Gasteiger partial charge < -0.3 is 15.9 Å². The molecule has 0 radical (unpaired) electrons. The molecule has 1 saturated carbocycles. The predicted molar refractivity (Wildman–Crippen MR) is 86.8 cm³/mol. The molecule has 0 amide bonds. The monoisotopic (exact) mass is 306 g/mol. The lowest BCUT2D eigenvalue weighted by atomic mass is 10.1. The summed E-state index contributed by atoms with van der Waals surface area (Å²) < 4.78 is 7.38. The van der Waals surface area contributed by atoms with Gasteiger partial charge in [-0.2, -0.15) is 4.98 Å². The van der Waals surface area contributed by atoms with Crippen LogP contribution < -0.4 is 11.5 Å². The molecule has 1 aromatic carbocycles. The second-order valence-electron chi connectivity index (χ2n) is 5.86. The molecule has 7 heteroatoms. The molecule has 114 valence electrons. The van der Waals surface area contributed by atoms with Crippen molar-refractivity contribution in [2.24, 2.45) is 0 Å². The van der Waals surface area contributed by atoms with Crippen LogP contribution in [-0.2, 0) is 0 Å². The van der Waals surface area contributed by atoms with E-state index in [4.69, 9.17) is 20.9 Å². The fourth-order valence-corrected chi connectivity index (χ4v) is 3.01. The Balaban J connectivity index is 1.80. The summed E-state index contributed by atoms with van der Waals surface area (Å²) in [5.41, 5.74) is 15.7. The Morgan fingerprint density at radius 2 is 2.04 bits per heavy atom. The molecule has 0 atom stereocenters. The summed E-state index contributed by atoms with van der Waals surface area (Å²) in [5.74, 6) is 2.02. The molecule has 7 nitrogen and oxygen atoms in total. The standard InChI is InChI=1S/C16H14N6O/c17-14-13-12(9-3-4-11-10(7-9)20-16(18)23-11)21-15(8-1-2-8)22(13)6-5-19-14/h3-8H,1-2H2,(H2,17,19)(H2,18,20). The lowest BCUT2D eigenvalue weighted by Gasteiger charge is -2.02. The zero-order chi connectivity index (χ0) is 15.6. The Labute approximate surface area is 131 Å². The molecule has 3 heterocycles. The predicted octanol–water partition coefficient (Wildman–Crippen LogP) is 2.58. The first-order chi connectivity index (χ1) is 11.2. The van der Waals surface area contributed by atoms with E-state index < -0.39 is 0 Å². The van der Waals surface area contributed by atoms with Gasteiger partial charge in [0, 0.05) is 23.9 Å². The third kappa shape index (κ3) is 1.79. The number of rotatable bonds is 2. The fraction of sp³-hybridized carbons (Fsp3) is 0.188. The Morgan fingerprint density at radius 3 is 2.87 bits per heavy atom. The van der Waals surface area contributed by atoms with Gasteiger partial charge in [0.15, 0.2) is 5.58 Å². The summed E-state index contributed by atoms with van der Waals surface area (Å²) in [6, 6.07) is 5.87. The summed E-state index contributed by atoms with van der Waals surface area (Å²) in [7, 11) is 0. The molecule has 4 N–H and O–H groups in total. The number of fused-ring (bicyclic) bond motifs is 2. The number of anilines is 2. The molecule has 1 fully saturated rings. The highest BCUT2D eigenvalue weighted by atomic mass is 16.4. The number of nitrogens with zero attached hydrogens (tertiary/aromatic N) is 4. The Bertz CT molecular complexity index is 1060. The summed E-state index contributed by atoms with van der Waals surface area (Å²) in [4.78, 5) is 13.3. The number of hydrogen-bond acceptors (Lipinski definition) is 6. The van der Waals surface area contributed by atoms with E-state index in [-0.39, 0.29) is 6.01 Å². The van der Waals surface area contributed by atoms with Crippen molar-refractivity contribution >= 4 is 28.4 Å². The maximum absolute atomic E-state index is 6.12. The molecule has 1 aliphatic carbocycles.